The fraction of sp³-hybridized carbons (Fsp3) is 0.500. The van der Waals surface area contributed by atoms with E-state index in [0.717, 1.165) is 0 Å². The lowest BCUT2D eigenvalue weighted by molar-refractivity contribution is 0.552. The van der Waals surface area contributed by atoms with Crippen LogP contribution in [-0.2, 0) is 20.8 Å². The summed E-state index contributed by atoms with van der Waals surface area (Å²) in [6.07, 6.45) is 3.70. The average molecular weight is 336 g/mol. The number of fused-ring (bicyclic) bond motifs is 1. The molecule has 2 aromatic heterocycles. The Kier molecular flexibility index (Phi) is 4.47. The van der Waals surface area contributed by atoms with Gasteiger partial charge >= 0.3 is 0 Å². The summed E-state index contributed by atoms with van der Waals surface area (Å²) in [4.78, 5) is 4.54. The minimum Gasteiger partial charge on any atom is -0.381 e. The Balaban J connectivity index is 2.24. The maximum Gasteiger partial charge on any atom is 0.260 e. The first-order valence-corrected chi connectivity index (χ1v) is 9.93. The number of anilines is 1. The van der Waals surface area contributed by atoms with Gasteiger partial charge in [-0.05, 0) is 13.3 Å². The van der Waals surface area contributed by atoms with Crippen molar-refractivity contribution < 1.29 is 12.6 Å². The smallest absolute Gasteiger partial charge is 0.260 e. The highest BCUT2D eigenvalue weighted by atomic mass is 32.2. The second kappa shape index (κ2) is 5.80. The van der Waals surface area contributed by atoms with Crippen LogP contribution in [0, 0.1) is 0 Å². The molecule has 7 nitrogen and oxygen atoms in total. The topological polar surface area (TPSA) is 107 Å². The largest absolute Gasteiger partial charge is 0.381 e. The van der Waals surface area contributed by atoms with Crippen molar-refractivity contribution in [2.75, 3.05) is 17.7 Å². The molecule has 0 amide bonds. The number of nitrogen functional groups attached to an aromatic ring is 1. The molecule has 2 heterocycles. The molecule has 2 aromatic rings. The highest BCUT2D eigenvalue weighted by molar-refractivity contribution is 7.89. The van der Waals surface area contributed by atoms with Crippen molar-refractivity contribution in [1.82, 2.24) is 14.1 Å². The van der Waals surface area contributed by atoms with Crippen molar-refractivity contribution >= 4 is 42.9 Å². The van der Waals surface area contributed by atoms with Gasteiger partial charge in [-0.1, -0.05) is 0 Å². The van der Waals surface area contributed by atoms with Crippen LogP contribution in [0.15, 0.2) is 16.6 Å². The van der Waals surface area contributed by atoms with Crippen molar-refractivity contribution in [3.8, 4) is 0 Å². The number of aromatic nitrogens is 2. The summed E-state index contributed by atoms with van der Waals surface area (Å²) in [7, 11) is -4.70. The van der Waals surface area contributed by atoms with Gasteiger partial charge in [0.2, 0.25) is 0 Å². The van der Waals surface area contributed by atoms with Crippen molar-refractivity contribution in [3.05, 3.63) is 11.6 Å². The molecule has 0 aromatic carbocycles. The number of thiazole rings is 1. The minimum absolute atomic E-state index is 0.0179. The quantitative estimate of drug-likeness (QED) is 0.795. The number of hydrogen-bond donors (Lipinski definition) is 2. The van der Waals surface area contributed by atoms with Gasteiger partial charge in [0.1, 0.15) is 0 Å². The van der Waals surface area contributed by atoms with Crippen LogP contribution in [-0.4, -0.2) is 40.1 Å². The summed E-state index contributed by atoms with van der Waals surface area (Å²) < 4.78 is 39.7. The first kappa shape index (κ1) is 15.4. The normalized spacial score (nSPS) is 15.5. The number of nitrogens with one attached hydrogen (secondary N) is 1. The maximum atomic E-state index is 12.4. The molecular formula is C10H16N4O3S3. The van der Waals surface area contributed by atoms with Gasteiger partial charge in [-0.3, -0.25) is 8.61 Å². The summed E-state index contributed by atoms with van der Waals surface area (Å²) in [6.45, 7) is 1.73. The van der Waals surface area contributed by atoms with Crippen LogP contribution in [0.3, 0.4) is 0 Å². The maximum absolute atomic E-state index is 12.4. The van der Waals surface area contributed by atoms with Crippen LogP contribution in [0.1, 0.15) is 13.3 Å². The van der Waals surface area contributed by atoms with E-state index in [9.17, 15) is 12.6 Å². The molecule has 0 radical (unpaired) electrons. The van der Waals surface area contributed by atoms with E-state index in [0.29, 0.717) is 17.1 Å². The van der Waals surface area contributed by atoms with Crippen molar-refractivity contribution in [2.24, 2.45) is 0 Å². The van der Waals surface area contributed by atoms with Gasteiger partial charge < -0.3 is 5.73 Å². The molecule has 2 rings (SSSR count). The van der Waals surface area contributed by atoms with Gasteiger partial charge in [-0.25, -0.2) is 18.1 Å². The SMILES string of the molecule is CC(CCS(C)=O)NS(=O)(=O)c1c(N)nc2sccn12. The highest BCUT2D eigenvalue weighted by Gasteiger charge is 2.26. The molecule has 0 fully saturated rings. The molecule has 2 atom stereocenters. The molecule has 0 saturated carbocycles. The second-order valence-corrected chi connectivity index (χ2v) is 8.50. The van der Waals surface area contributed by atoms with Gasteiger partial charge in [-0.15, -0.1) is 11.3 Å². The number of hydrogen-bond acceptors (Lipinski definition) is 6. The molecule has 0 aliphatic heterocycles. The number of nitrogens with zero attached hydrogens (tertiary/aromatic N) is 2. The van der Waals surface area contributed by atoms with E-state index in [4.69, 9.17) is 5.73 Å². The van der Waals surface area contributed by atoms with E-state index in [2.05, 4.69) is 9.71 Å². The minimum atomic E-state index is -3.76. The molecular weight excluding hydrogens is 320 g/mol. The lowest BCUT2D eigenvalue weighted by atomic mass is 10.3. The molecule has 112 valence electrons. The van der Waals surface area contributed by atoms with Gasteiger partial charge in [0.05, 0.1) is 0 Å². The first-order valence-electron chi connectivity index (χ1n) is 5.84. The number of rotatable bonds is 6. The van der Waals surface area contributed by atoms with Crippen LogP contribution < -0.4 is 10.5 Å². The first-order chi connectivity index (χ1) is 9.31. The Labute approximate surface area is 123 Å². The summed E-state index contributed by atoms with van der Waals surface area (Å²) in [5.74, 6) is 0.426. The molecule has 20 heavy (non-hydrogen) atoms. The lowest BCUT2D eigenvalue weighted by Gasteiger charge is -2.13. The number of sulfonamides is 1. The molecule has 0 saturated heterocycles. The van der Waals surface area contributed by atoms with Crippen LogP contribution in [0.5, 0.6) is 0 Å². The molecule has 2 unspecified atom stereocenters. The Hall–Kier alpha value is -0.970. The zero-order chi connectivity index (χ0) is 14.9. The van der Waals surface area contributed by atoms with E-state index in [-0.39, 0.29) is 16.9 Å². The predicted octanol–water partition coefficient (Wildman–Crippen LogP) is 0.413. The van der Waals surface area contributed by atoms with Gasteiger partial charge in [0, 0.05) is 40.4 Å². The van der Waals surface area contributed by atoms with E-state index >= 15 is 0 Å². The van der Waals surface area contributed by atoms with Crippen molar-refractivity contribution in [3.63, 3.8) is 0 Å². The van der Waals surface area contributed by atoms with E-state index in [1.54, 1.807) is 24.8 Å². The third-order valence-electron chi connectivity index (χ3n) is 2.69. The molecule has 0 aliphatic rings. The zero-order valence-electron chi connectivity index (χ0n) is 11.1. The summed E-state index contributed by atoms with van der Waals surface area (Å²) in [5.41, 5.74) is 5.69. The number of imidazole rings is 1. The van der Waals surface area contributed by atoms with Crippen LogP contribution in [0.25, 0.3) is 4.96 Å². The molecule has 0 spiro atoms. The Morgan fingerprint density at radius 3 is 2.95 bits per heavy atom. The van der Waals surface area contributed by atoms with Crippen LogP contribution in [0.4, 0.5) is 5.82 Å². The highest BCUT2D eigenvalue weighted by Crippen LogP contribution is 2.23. The standard InChI is InChI=1S/C10H16N4O3S3/c1-7(3-6-19(2)15)13-20(16,17)9-8(11)12-10-14(9)4-5-18-10/h4-5,7,13H,3,6,11H2,1-2H3. The molecule has 10 heteroatoms. The zero-order valence-corrected chi connectivity index (χ0v) is 13.5. The summed E-state index contributed by atoms with van der Waals surface area (Å²) in [5, 5.41) is 1.70. The molecule has 0 bridgehead atoms. The second-order valence-electron chi connectivity index (χ2n) is 4.45. The van der Waals surface area contributed by atoms with Crippen LogP contribution >= 0.6 is 11.3 Å². The molecule has 0 aliphatic carbocycles. The van der Waals surface area contributed by atoms with Crippen molar-refractivity contribution in [1.29, 1.82) is 0 Å². The Morgan fingerprint density at radius 1 is 1.60 bits per heavy atom. The Morgan fingerprint density at radius 2 is 2.30 bits per heavy atom. The monoisotopic (exact) mass is 336 g/mol. The van der Waals surface area contributed by atoms with Gasteiger partial charge in [0.15, 0.2) is 15.8 Å². The van der Waals surface area contributed by atoms with Crippen molar-refractivity contribution in [2.45, 2.75) is 24.4 Å². The van der Waals surface area contributed by atoms with E-state index in [1.165, 1.54) is 15.7 Å². The number of nitrogens with two attached hydrogens (primary N) is 1. The van der Waals surface area contributed by atoms with Crippen LogP contribution in [0.2, 0.25) is 0 Å². The Bertz CT molecular complexity index is 734. The van der Waals surface area contributed by atoms with Gasteiger partial charge in [0.25, 0.3) is 10.0 Å². The van der Waals surface area contributed by atoms with Gasteiger partial charge in [-0.2, -0.15) is 0 Å². The third kappa shape index (κ3) is 3.19. The van der Waals surface area contributed by atoms with E-state index in [1.807, 2.05) is 0 Å². The molecule has 3 N–H and O–H groups in total. The fourth-order valence-corrected chi connectivity index (χ4v) is 4.72. The fourth-order valence-electron chi connectivity index (χ4n) is 1.77. The van der Waals surface area contributed by atoms with E-state index < -0.39 is 20.8 Å². The summed E-state index contributed by atoms with van der Waals surface area (Å²) >= 11 is 1.31. The third-order valence-corrected chi connectivity index (χ3v) is 5.89. The summed E-state index contributed by atoms with van der Waals surface area (Å²) in [6, 6.07) is -0.326. The average Bonchev–Trinajstić information content (AvgIpc) is 2.84. The lowest BCUT2D eigenvalue weighted by Crippen LogP contribution is -2.34. The predicted molar refractivity (Wildman–Crippen MR) is 80.8 cm³/mol.